The fourth-order valence-electron chi connectivity index (χ4n) is 2.69. The molecule has 0 aliphatic heterocycles. The third-order valence-corrected chi connectivity index (χ3v) is 4.43. The maximum atomic E-state index is 11.7. The maximum absolute atomic E-state index is 11.7. The van der Waals surface area contributed by atoms with Crippen molar-refractivity contribution >= 4 is 35.1 Å². The van der Waals surface area contributed by atoms with Crippen LogP contribution in [0.5, 0.6) is 0 Å². The Morgan fingerprint density at radius 2 is 0.962 bits per heavy atom. The zero-order chi connectivity index (χ0) is 18.8. The lowest BCUT2D eigenvalue weighted by Gasteiger charge is -2.13. The van der Waals surface area contributed by atoms with E-state index in [1.54, 1.807) is 54.6 Å². The van der Waals surface area contributed by atoms with Gasteiger partial charge in [-0.15, -0.1) is 0 Å². The van der Waals surface area contributed by atoms with Gasteiger partial charge < -0.3 is 10.2 Å². The first-order chi connectivity index (χ1) is 12.4. The van der Waals surface area contributed by atoms with Gasteiger partial charge in [0.25, 0.3) is 0 Å². The standard InChI is InChI=1S/C20H12Cl2O4/c21-13-5-1-11(2-6-13)15-9-16(12-3-7-14(22)8-4-12)18(20(25)26)10-17(15)19(23)24/h1-10H,(H,23,24)(H,25,26). The minimum atomic E-state index is -1.21. The van der Waals surface area contributed by atoms with Crippen LogP contribution in [0.2, 0.25) is 10.0 Å². The lowest BCUT2D eigenvalue weighted by Crippen LogP contribution is -2.07. The van der Waals surface area contributed by atoms with E-state index in [1.165, 1.54) is 6.07 Å². The van der Waals surface area contributed by atoms with E-state index in [9.17, 15) is 19.8 Å². The third kappa shape index (κ3) is 3.57. The molecule has 0 aromatic heterocycles. The van der Waals surface area contributed by atoms with Gasteiger partial charge in [0.15, 0.2) is 0 Å². The molecule has 0 atom stereocenters. The molecule has 0 fully saturated rings. The van der Waals surface area contributed by atoms with E-state index in [0.717, 1.165) is 0 Å². The summed E-state index contributed by atoms with van der Waals surface area (Å²) in [5.74, 6) is -2.42. The molecule has 3 aromatic rings. The highest BCUT2D eigenvalue weighted by atomic mass is 35.5. The van der Waals surface area contributed by atoms with E-state index in [4.69, 9.17) is 23.2 Å². The van der Waals surface area contributed by atoms with Crippen molar-refractivity contribution in [3.05, 3.63) is 81.8 Å². The highest BCUT2D eigenvalue weighted by molar-refractivity contribution is 6.31. The van der Waals surface area contributed by atoms with Crippen LogP contribution in [-0.4, -0.2) is 22.2 Å². The van der Waals surface area contributed by atoms with Crippen LogP contribution in [0.1, 0.15) is 20.7 Å². The van der Waals surface area contributed by atoms with Gasteiger partial charge in [0.2, 0.25) is 0 Å². The first-order valence-electron chi connectivity index (χ1n) is 7.53. The van der Waals surface area contributed by atoms with Crippen LogP contribution in [0.25, 0.3) is 22.3 Å². The van der Waals surface area contributed by atoms with Crippen LogP contribution in [0, 0.1) is 0 Å². The number of hydrogen-bond donors (Lipinski definition) is 2. The molecular weight excluding hydrogens is 375 g/mol. The van der Waals surface area contributed by atoms with Crippen LogP contribution in [0.4, 0.5) is 0 Å². The molecule has 3 aromatic carbocycles. The van der Waals surface area contributed by atoms with E-state index < -0.39 is 11.9 Å². The first-order valence-corrected chi connectivity index (χ1v) is 8.29. The quantitative estimate of drug-likeness (QED) is 0.600. The lowest BCUT2D eigenvalue weighted by atomic mass is 9.90. The molecule has 6 heteroatoms. The fraction of sp³-hybridized carbons (Fsp3) is 0. The van der Waals surface area contributed by atoms with Crippen LogP contribution in [0.15, 0.2) is 60.7 Å². The van der Waals surface area contributed by atoms with Crippen LogP contribution in [0.3, 0.4) is 0 Å². The molecule has 0 aliphatic carbocycles. The predicted molar refractivity (Wildman–Crippen MR) is 101 cm³/mol. The fourth-order valence-corrected chi connectivity index (χ4v) is 2.94. The van der Waals surface area contributed by atoms with Crippen molar-refractivity contribution in [2.75, 3.05) is 0 Å². The molecule has 4 nitrogen and oxygen atoms in total. The Morgan fingerprint density at radius 3 is 1.27 bits per heavy atom. The predicted octanol–water partition coefficient (Wildman–Crippen LogP) is 5.72. The van der Waals surface area contributed by atoms with E-state index in [-0.39, 0.29) is 11.1 Å². The Balaban J connectivity index is 2.31. The summed E-state index contributed by atoms with van der Waals surface area (Å²) in [6.45, 7) is 0. The van der Waals surface area contributed by atoms with Crippen molar-refractivity contribution in [2.24, 2.45) is 0 Å². The molecule has 26 heavy (non-hydrogen) atoms. The van der Waals surface area contributed by atoms with E-state index >= 15 is 0 Å². The summed E-state index contributed by atoms with van der Waals surface area (Å²) in [6, 6.07) is 16.1. The summed E-state index contributed by atoms with van der Waals surface area (Å²) in [7, 11) is 0. The Labute approximate surface area is 159 Å². The summed E-state index contributed by atoms with van der Waals surface area (Å²) in [4.78, 5) is 23.4. The molecule has 0 radical (unpaired) electrons. The normalized spacial score (nSPS) is 10.5. The van der Waals surface area contributed by atoms with Crippen LogP contribution >= 0.6 is 23.2 Å². The Morgan fingerprint density at radius 1 is 0.615 bits per heavy atom. The molecule has 0 bridgehead atoms. The molecule has 3 rings (SSSR count). The van der Waals surface area contributed by atoms with Crippen LogP contribution in [-0.2, 0) is 0 Å². The molecule has 130 valence electrons. The number of carboxylic acid groups (broad SMARTS) is 2. The zero-order valence-electron chi connectivity index (χ0n) is 13.2. The van der Waals surface area contributed by atoms with Gasteiger partial charge in [0.05, 0.1) is 11.1 Å². The van der Waals surface area contributed by atoms with Gasteiger partial charge in [-0.25, -0.2) is 9.59 Å². The van der Waals surface area contributed by atoms with Gasteiger partial charge in [-0.3, -0.25) is 0 Å². The molecule has 0 saturated heterocycles. The highest BCUT2D eigenvalue weighted by Crippen LogP contribution is 2.34. The molecular formula is C20H12Cl2O4. The van der Waals surface area contributed by atoms with Gasteiger partial charge in [-0.05, 0) is 58.7 Å². The molecule has 2 N–H and O–H groups in total. The minimum Gasteiger partial charge on any atom is -0.478 e. The Kier molecular flexibility index (Phi) is 4.98. The number of carbonyl (C=O) groups is 2. The summed E-state index contributed by atoms with van der Waals surface area (Å²) in [6.07, 6.45) is 0. The highest BCUT2D eigenvalue weighted by Gasteiger charge is 2.20. The Hall–Kier alpha value is -2.82. The van der Waals surface area contributed by atoms with Gasteiger partial charge in [0, 0.05) is 10.0 Å². The lowest BCUT2D eigenvalue weighted by molar-refractivity contribution is 0.0696. The molecule has 0 aliphatic rings. The topological polar surface area (TPSA) is 74.6 Å². The zero-order valence-corrected chi connectivity index (χ0v) is 14.8. The van der Waals surface area contributed by atoms with E-state index in [1.807, 2.05) is 0 Å². The van der Waals surface area contributed by atoms with Gasteiger partial charge >= 0.3 is 11.9 Å². The van der Waals surface area contributed by atoms with Gasteiger partial charge in [0.1, 0.15) is 0 Å². The summed E-state index contributed by atoms with van der Waals surface area (Å²) >= 11 is 11.8. The van der Waals surface area contributed by atoms with Crippen molar-refractivity contribution in [1.82, 2.24) is 0 Å². The number of carboxylic acids is 2. The summed E-state index contributed by atoms with van der Waals surface area (Å²) < 4.78 is 0. The molecule has 0 amide bonds. The third-order valence-electron chi connectivity index (χ3n) is 3.93. The summed E-state index contributed by atoms with van der Waals surface area (Å²) in [5.41, 5.74) is 1.87. The second-order valence-electron chi connectivity index (χ2n) is 5.57. The molecule has 0 saturated carbocycles. The van der Waals surface area contributed by atoms with Gasteiger partial charge in [-0.1, -0.05) is 47.5 Å². The van der Waals surface area contributed by atoms with E-state index in [0.29, 0.717) is 32.3 Å². The van der Waals surface area contributed by atoms with Crippen molar-refractivity contribution in [2.45, 2.75) is 0 Å². The van der Waals surface area contributed by atoms with Crippen molar-refractivity contribution in [1.29, 1.82) is 0 Å². The number of halogens is 2. The number of hydrogen-bond acceptors (Lipinski definition) is 2. The van der Waals surface area contributed by atoms with Crippen molar-refractivity contribution in [3.63, 3.8) is 0 Å². The van der Waals surface area contributed by atoms with Crippen molar-refractivity contribution < 1.29 is 19.8 Å². The number of aromatic carboxylic acids is 2. The smallest absolute Gasteiger partial charge is 0.336 e. The SMILES string of the molecule is O=C(O)c1cc(C(=O)O)c(-c2ccc(Cl)cc2)cc1-c1ccc(Cl)cc1. The molecule has 0 spiro atoms. The average Bonchev–Trinajstić information content (AvgIpc) is 2.62. The molecule has 0 unspecified atom stereocenters. The minimum absolute atomic E-state index is 0.0950. The van der Waals surface area contributed by atoms with Crippen LogP contribution < -0.4 is 0 Å². The van der Waals surface area contributed by atoms with Gasteiger partial charge in [-0.2, -0.15) is 0 Å². The monoisotopic (exact) mass is 386 g/mol. The average molecular weight is 387 g/mol. The largest absolute Gasteiger partial charge is 0.478 e. The van der Waals surface area contributed by atoms with Crippen molar-refractivity contribution in [3.8, 4) is 22.3 Å². The van der Waals surface area contributed by atoms with E-state index in [2.05, 4.69) is 0 Å². The number of rotatable bonds is 4. The first kappa shape index (κ1) is 18.0. The second-order valence-corrected chi connectivity index (χ2v) is 6.44. The molecule has 0 heterocycles. The maximum Gasteiger partial charge on any atom is 0.336 e. The summed E-state index contributed by atoms with van der Waals surface area (Å²) in [5, 5.41) is 20.1. The number of benzene rings is 3. The Bertz CT molecular complexity index is 915. The second kappa shape index (κ2) is 7.20.